The molecule has 1 N–H and O–H groups in total. The van der Waals surface area contributed by atoms with Gasteiger partial charge in [-0.1, -0.05) is 13.8 Å². The SMILES string of the molecule is CCCN1CCN(C(=S)Nc2sc3c(c2C(=O)OC)CCC(C)C3)CC1. The number of anilines is 1. The molecule has 144 valence electrons. The summed E-state index contributed by atoms with van der Waals surface area (Å²) in [7, 11) is 1.45. The van der Waals surface area contributed by atoms with Crippen LogP contribution in [0.1, 0.15) is 47.5 Å². The van der Waals surface area contributed by atoms with Crippen LogP contribution in [-0.4, -0.2) is 60.7 Å². The smallest absolute Gasteiger partial charge is 0.341 e. The summed E-state index contributed by atoms with van der Waals surface area (Å²) in [5.74, 6) is 0.410. The van der Waals surface area contributed by atoms with Gasteiger partial charge in [-0.25, -0.2) is 4.79 Å². The van der Waals surface area contributed by atoms with Crippen LogP contribution >= 0.6 is 23.6 Å². The second-order valence-corrected chi connectivity index (χ2v) is 8.80. The van der Waals surface area contributed by atoms with E-state index in [1.54, 1.807) is 11.3 Å². The van der Waals surface area contributed by atoms with Crippen molar-refractivity contribution in [3.63, 3.8) is 0 Å². The van der Waals surface area contributed by atoms with E-state index < -0.39 is 0 Å². The molecular weight excluding hydrogens is 366 g/mol. The summed E-state index contributed by atoms with van der Waals surface area (Å²) in [5.41, 5.74) is 1.87. The fraction of sp³-hybridized carbons (Fsp3) is 0.684. The van der Waals surface area contributed by atoms with Gasteiger partial charge in [0.15, 0.2) is 5.11 Å². The highest BCUT2D eigenvalue weighted by Crippen LogP contribution is 2.40. The van der Waals surface area contributed by atoms with Gasteiger partial charge in [0.2, 0.25) is 0 Å². The van der Waals surface area contributed by atoms with Crippen LogP contribution in [0.3, 0.4) is 0 Å². The Balaban J connectivity index is 1.73. The third kappa shape index (κ3) is 4.21. The van der Waals surface area contributed by atoms with Crippen LogP contribution in [0.4, 0.5) is 5.00 Å². The number of fused-ring (bicyclic) bond motifs is 1. The van der Waals surface area contributed by atoms with Crippen molar-refractivity contribution >= 4 is 39.6 Å². The molecule has 5 nitrogen and oxygen atoms in total. The second kappa shape index (κ2) is 8.67. The van der Waals surface area contributed by atoms with Gasteiger partial charge < -0.3 is 15.0 Å². The maximum absolute atomic E-state index is 12.4. The van der Waals surface area contributed by atoms with Crippen LogP contribution in [0.25, 0.3) is 0 Å². The van der Waals surface area contributed by atoms with Gasteiger partial charge in [0.25, 0.3) is 0 Å². The first-order valence-electron chi connectivity index (χ1n) is 9.54. The molecule has 2 aliphatic rings. The number of carbonyl (C=O) groups is 1. The lowest BCUT2D eigenvalue weighted by Gasteiger charge is -2.36. The van der Waals surface area contributed by atoms with Crippen molar-refractivity contribution in [2.45, 2.75) is 39.5 Å². The number of ether oxygens (including phenoxy) is 1. The number of rotatable bonds is 4. The molecule has 1 aromatic rings. The van der Waals surface area contributed by atoms with Gasteiger partial charge in [0.05, 0.1) is 12.7 Å². The van der Waals surface area contributed by atoms with Crippen molar-refractivity contribution in [2.75, 3.05) is 45.2 Å². The molecule has 1 saturated heterocycles. The average Bonchev–Trinajstić information content (AvgIpc) is 2.98. The van der Waals surface area contributed by atoms with Gasteiger partial charge in [0.1, 0.15) is 5.00 Å². The van der Waals surface area contributed by atoms with E-state index in [4.69, 9.17) is 17.0 Å². The minimum atomic E-state index is -0.255. The number of hydrogen-bond donors (Lipinski definition) is 1. The molecule has 3 rings (SSSR count). The molecule has 1 atom stereocenters. The number of thiocarbonyl (C=S) groups is 1. The number of piperazine rings is 1. The van der Waals surface area contributed by atoms with Gasteiger partial charge in [-0.2, -0.15) is 0 Å². The minimum Gasteiger partial charge on any atom is -0.465 e. The average molecular weight is 396 g/mol. The van der Waals surface area contributed by atoms with E-state index in [2.05, 4.69) is 29.0 Å². The number of hydrogen-bond acceptors (Lipinski definition) is 5. The third-order valence-electron chi connectivity index (χ3n) is 5.32. The van der Waals surface area contributed by atoms with E-state index in [-0.39, 0.29) is 5.97 Å². The molecule has 1 unspecified atom stereocenters. The van der Waals surface area contributed by atoms with Crippen LogP contribution in [0, 0.1) is 5.92 Å². The Morgan fingerprint density at radius 2 is 2.08 bits per heavy atom. The van der Waals surface area contributed by atoms with Crippen LogP contribution in [0.2, 0.25) is 0 Å². The molecule has 1 aromatic heterocycles. The lowest BCUT2D eigenvalue weighted by Crippen LogP contribution is -2.50. The molecule has 1 fully saturated rings. The fourth-order valence-corrected chi connectivity index (χ4v) is 5.57. The second-order valence-electron chi connectivity index (χ2n) is 7.31. The first-order valence-corrected chi connectivity index (χ1v) is 10.8. The zero-order chi connectivity index (χ0) is 18.7. The van der Waals surface area contributed by atoms with Crippen molar-refractivity contribution in [1.29, 1.82) is 0 Å². The summed E-state index contributed by atoms with van der Waals surface area (Å²) in [6.07, 6.45) is 4.29. The Morgan fingerprint density at radius 1 is 1.35 bits per heavy atom. The van der Waals surface area contributed by atoms with Gasteiger partial charge in [-0.05, 0) is 55.9 Å². The van der Waals surface area contributed by atoms with Crippen molar-refractivity contribution in [1.82, 2.24) is 9.80 Å². The summed E-state index contributed by atoms with van der Waals surface area (Å²) in [6.45, 7) is 9.58. The van der Waals surface area contributed by atoms with Crippen molar-refractivity contribution < 1.29 is 9.53 Å². The van der Waals surface area contributed by atoms with E-state index >= 15 is 0 Å². The van der Waals surface area contributed by atoms with E-state index in [9.17, 15) is 4.79 Å². The Kier molecular flexibility index (Phi) is 6.53. The van der Waals surface area contributed by atoms with E-state index in [0.29, 0.717) is 11.5 Å². The molecule has 1 aliphatic heterocycles. The normalized spacial score (nSPS) is 20.6. The van der Waals surface area contributed by atoms with Gasteiger partial charge in [-0.15, -0.1) is 11.3 Å². The number of carbonyl (C=O) groups excluding carboxylic acids is 1. The molecule has 2 heterocycles. The maximum Gasteiger partial charge on any atom is 0.341 e. The van der Waals surface area contributed by atoms with E-state index in [1.807, 2.05) is 0 Å². The number of esters is 1. The highest BCUT2D eigenvalue weighted by atomic mass is 32.1. The maximum atomic E-state index is 12.4. The lowest BCUT2D eigenvalue weighted by atomic mass is 9.88. The first kappa shape index (κ1) is 19.6. The lowest BCUT2D eigenvalue weighted by molar-refractivity contribution is 0.0601. The van der Waals surface area contributed by atoms with Crippen LogP contribution in [0.5, 0.6) is 0 Å². The summed E-state index contributed by atoms with van der Waals surface area (Å²) in [5, 5.41) is 4.95. The number of nitrogens with one attached hydrogen (secondary N) is 1. The number of thiophene rings is 1. The van der Waals surface area contributed by atoms with E-state index in [1.165, 1.54) is 18.4 Å². The van der Waals surface area contributed by atoms with Crippen LogP contribution in [0.15, 0.2) is 0 Å². The Labute approximate surface area is 165 Å². The molecule has 0 bridgehead atoms. The number of nitrogens with zero attached hydrogens (tertiary/aromatic N) is 2. The van der Waals surface area contributed by atoms with E-state index in [0.717, 1.165) is 67.7 Å². The van der Waals surface area contributed by atoms with Crippen molar-refractivity contribution in [3.8, 4) is 0 Å². The monoisotopic (exact) mass is 395 g/mol. The summed E-state index contributed by atoms with van der Waals surface area (Å²) < 4.78 is 5.06. The van der Waals surface area contributed by atoms with Crippen LogP contribution < -0.4 is 5.32 Å². The molecule has 1 aliphatic carbocycles. The van der Waals surface area contributed by atoms with Gasteiger partial charge in [-0.3, -0.25) is 4.90 Å². The van der Waals surface area contributed by atoms with Crippen molar-refractivity contribution in [2.24, 2.45) is 5.92 Å². The highest BCUT2D eigenvalue weighted by Gasteiger charge is 2.29. The summed E-state index contributed by atoms with van der Waals surface area (Å²) >= 11 is 7.33. The molecular formula is C19H29N3O2S2. The Hall–Kier alpha value is -1.18. The largest absolute Gasteiger partial charge is 0.465 e. The first-order chi connectivity index (χ1) is 12.5. The Bertz CT molecular complexity index is 666. The summed E-state index contributed by atoms with van der Waals surface area (Å²) in [6, 6.07) is 0. The van der Waals surface area contributed by atoms with Gasteiger partial charge >= 0.3 is 5.97 Å². The molecule has 26 heavy (non-hydrogen) atoms. The predicted octanol–water partition coefficient (Wildman–Crippen LogP) is 3.38. The molecule has 7 heteroatoms. The topological polar surface area (TPSA) is 44.8 Å². The minimum absolute atomic E-state index is 0.255. The number of methoxy groups -OCH3 is 1. The molecule has 0 aromatic carbocycles. The third-order valence-corrected chi connectivity index (χ3v) is 6.85. The molecule has 0 amide bonds. The highest BCUT2D eigenvalue weighted by molar-refractivity contribution is 7.80. The van der Waals surface area contributed by atoms with Crippen molar-refractivity contribution in [3.05, 3.63) is 16.0 Å². The predicted molar refractivity (Wildman–Crippen MR) is 111 cm³/mol. The quantitative estimate of drug-likeness (QED) is 0.623. The summed E-state index contributed by atoms with van der Waals surface area (Å²) in [4.78, 5) is 18.4. The zero-order valence-corrected chi connectivity index (χ0v) is 17.6. The fourth-order valence-electron chi connectivity index (χ4n) is 3.82. The zero-order valence-electron chi connectivity index (χ0n) is 16.0. The standard InChI is InChI=1S/C19H29N3O2S2/c1-4-7-21-8-10-22(11-9-21)19(25)20-17-16(18(23)24-3)14-6-5-13(2)12-15(14)26-17/h13H,4-12H2,1-3H3,(H,20,25). The molecule has 0 saturated carbocycles. The van der Waals surface area contributed by atoms with Crippen LogP contribution in [-0.2, 0) is 17.6 Å². The molecule has 0 radical (unpaired) electrons. The molecule has 0 spiro atoms. The Morgan fingerprint density at radius 3 is 2.73 bits per heavy atom. The van der Waals surface area contributed by atoms with Gasteiger partial charge in [0, 0.05) is 31.1 Å².